The third-order valence-corrected chi connectivity index (χ3v) is 4.49. The van der Waals surface area contributed by atoms with Crippen molar-refractivity contribution in [3.05, 3.63) is 0 Å². The van der Waals surface area contributed by atoms with E-state index in [0.29, 0.717) is 11.3 Å². The molecule has 1 heterocycles. The van der Waals surface area contributed by atoms with E-state index >= 15 is 0 Å². The Balaban J connectivity index is 2.29. The maximum Gasteiger partial charge on any atom is 0.0477 e. The monoisotopic (exact) mass is 205 g/mol. The van der Waals surface area contributed by atoms with E-state index in [0.717, 1.165) is 31.8 Å². The Hall–Kier alpha value is 0.0700. The van der Waals surface area contributed by atoms with Crippen molar-refractivity contribution >= 4 is 10.8 Å². The van der Waals surface area contributed by atoms with Crippen molar-refractivity contribution in [1.82, 2.24) is 5.32 Å². The first-order valence-electron chi connectivity index (χ1n) is 4.86. The lowest BCUT2D eigenvalue weighted by molar-refractivity contribution is 0.0992. The van der Waals surface area contributed by atoms with Gasteiger partial charge in [-0.1, -0.05) is 0 Å². The predicted molar refractivity (Wildman–Crippen MR) is 55.4 cm³/mol. The van der Waals surface area contributed by atoms with Crippen LogP contribution in [-0.2, 0) is 15.5 Å². The Morgan fingerprint density at radius 3 is 2.69 bits per heavy atom. The summed E-state index contributed by atoms with van der Waals surface area (Å²) in [5, 5.41) is 3.48. The molecule has 78 valence electrons. The average molecular weight is 205 g/mol. The minimum atomic E-state index is -0.679. The van der Waals surface area contributed by atoms with Gasteiger partial charge in [0.25, 0.3) is 0 Å². The molecule has 4 heteroatoms. The zero-order valence-electron chi connectivity index (χ0n) is 8.41. The second-order valence-corrected chi connectivity index (χ2v) is 5.31. The maximum atomic E-state index is 11.8. The molecule has 1 saturated heterocycles. The van der Waals surface area contributed by atoms with Crippen molar-refractivity contribution < 1.29 is 8.95 Å². The van der Waals surface area contributed by atoms with Crippen LogP contribution in [0.5, 0.6) is 0 Å². The average Bonchev–Trinajstić information content (AvgIpc) is 2.19. The zero-order chi connectivity index (χ0) is 9.68. The summed E-state index contributed by atoms with van der Waals surface area (Å²) in [4.78, 5) is 0. The summed E-state index contributed by atoms with van der Waals surface area (Å²) in [5.74, 6) is 0.765. The quantitative estimate of drug-likeness (QED) is 0.727. The van der Waals surface area contributed by atoms with E-state index in [9.17, 15) is 4.21 Å². The van der Waals surface area contributed by atoms with Gasteiger partial charge in [0, 0.05) is 41.1 Å². The molecule has 1 aliphatic heterocycles. The van der Waals surface area contributed by atoms with Crippen molar-refractivity contribution in [1.29, 1.82) is 0 Å². The highest BCUT2D eigenvalue weighted by atomic mass is 32.2. The molecule has 1 aliphatic rings. The minimum Gasteiger partial charge on any atom is -0.381 e. The molecule has 0 aromatic carbocycles. The van der Waals surface area contributed by atoms with Gasteiger partial charge < -0.3 is 10.1 Å². The lowest BCUT2D eigenvalue weighted by Crippen LogP contribution is -2.34. The van der Waals surface area contributed by atoms with E-state index in [1.54, 1.807) is 0 Å². The van der Waals surface area contributed by atoms with Crippen LogP contribution in [0.3, 0.4) is 0 Å². The standard InChI is InChI=1S/C9H19NO2S/c1-8(10-2)7-13(11)9-3-5-12-6-4-9/h8-10H,3-7H2,1-2H3. The SMILES string of the molecule is CNC(C)CS(=O)C1CCOCC1. The molecular weight excluding hydrogens is 186 g/mol. The summed E-state index contributed by atoms with van der Waals surface area (Å²) in [6.07, 6.45) is 1.92. The van der Waals surface area contributed by atoms with Gasteiger partial charge in [0.2, 0.25) is 0 Å². The zero-order valence-corrected chi connectivity index (χ0v) is 9.23. The van der Waals surface area contributed by atoms with Crippen molar-refractivity contribution in [3.8, 4) is 0 Å². The van der Waals surface area contributed by atoms with E-state index in [-0.39, 0.29) is 0 Å². The minimum absolute atomic E-state index is 0.351. The van der Waals surface area contributed by atoms with Gasteiger partial charge in [-0.3, -0.25) is 4.21 Å². The smallest absolute Gasteiger partial charge is 0.0477 e. The molecule has 0 bridgehead atoms. The van der Waals surface area contributed by atoms with E-state index in [1.807, 2.05) is 7.05 Å². The Kier molecular flexibility index (Phi) is 4.91. The highest BCUT2D eigenvalue weighted by molar-refractivity contribution is 7.85. The molecule has 2 atom stereocenters. The van der Waals surface area contributed by atoms with E-state index < -0.39 is 10.8 Å². The van der Waals surface area contributed by atoms with E-state index in [4.69, 9.17) is 4.74 Å². The number of hydrogen-bond acceptors (Lipinski definition) is 3. The van der Waals surface area contributed by atoms with Crippen molar-refractivity contribution in [3.63, 3.8) is 0 Å². The lowest BCUT2D eigenvalue weighted by atomic mass is 10.2. The number of rotatable bonds is 4. The molecule has 0 saturated carbocycles. The van der Waals surface area contributed by atoms with Crippen LogP contribution in [0.25, 0.3) is 0 Å². The molecule has 0 aromatic rings. The predicted octanol–water partition coefficient (Wildman–Crippen LogP) is 0.522. The fourth-order valence-corrected chi connectivity index (χ4v) is 3.05. The van der Waals surface area contributed by atoms with Gasteiger partial charge in [0.1, 0.15) is 0 Å². The van der Waals surface area contributed by atoms with Crippen LogP contribution in [0, 0.1) is 0 Å². The maximum absolute atomic E-state index is 11.8. The summed E-state index contributed by atoms with van der Waals surface area (Å²) >= 11 is 0. The first-order chi connectivity index (χ1) is 6.24. The Bertz CT molecular complexity index is 169. The first-order valence-corrected chi connectivity index (χ1v) is 6.24. The van der Waals surface area contributed by atoms with Crippen LogP contribution in [0.1, 0.15) is 19.8 Å². The fourth-order valence-electron chi connectivity index (χ4n) is 1.40. The molecule has 0 amide bonds. The molecule has 1 N–H and O–H groups in total. The summed E-state index contributed by atoms with van der Waals surface area (Å²) in [6.45, 7) is 3.63. The first kappa shape index (κ1) is 11.1. The van der Waals surface area contributed by atoms with Crippen molar-refractivity contribution in [2.75, 3.05) is 26.0 Å². The van der Waals surface area contributed by atoms with E-state index in [2.05, 4.69) is 12.2 Å². The van der Waals surface area contributed by atoms with Gasteiger partial charge in [-0.05, 0) is 26.8 Å². The van der Waals surface area contributed by atoms with E-state index in [1.165, 1.54) is 0 Å². The summed E-state index contributed by atoms with van der Waals surface area (Å²) in [7, 11) is 1.23. The number of nitrogens with one attached hydrogen (secondary N) is 1. The summed E-state index contributed by atoms with van der Waals surface area (Å²) < 4.78 is 17.0. The Morgan fingerprint density at radius 2 is 2.15 bits per heavy atom. The molecule has 0 aliphatic carbocycles. The van der Waals surface area contributed by atoms with Crippen molar-refractivity contribution in [2.45, 2.75) is 31.1 Å². The molecule has 2 unspecified atom stereocenters. The normalized spacial score (nSPS) is 24.2. The molecule has 0 radical (unpaired) electrons. The number of ether oxygens (including phenoxy) is 1. The van der Waals surface area contributed by atoms with Gasteiger partial charge >= 0.3 is 0 Å². The van der Waals surface area contributed by atoms with Crippen LogP contribution >= 0.6 is 0 Å². The summed E-state index contributed by atoms with van der Waals surface area (Å²) in [5.41, 5.74) is 0. The molecule has 0 spiro atoms. The van der Waals surface area contributed by atoms with Gasteiger partial charge in [0.15, 0.2) is 0 Å². The van der Waals surface area contributed by atoms with Gasteiger partial charge in [0.05, 0.1) is 0 Å². The lowest BCUT2D eigenvalue weighted by Gasteiger charge is -2.22. The molecule has 13 heavy (non-hydrogen) atoms. The van der Waals surface area contributed by atoms with Gasteiger partial charge in [-0.15, -0.1) is 0 Å². The van der Waals surface area contributed by atoms with Crippen molar-refractivity contribution in [2.24, 2.45) is 0 Å². The molecular formula is C9H19NO2S. The van der Waals surface area contributed by atoms with Gasteiger partial charge in [-0.25, -0.2) is 0 Å². The number of hydrogen-bond donors (Lipinski definition) is 1. The molecule has 0 aromatic heterocycles. The molecule has 3 nitrogen and oxygen atoms in total. The highest BCUT2D eigenvalue weighted by Crippen LogP contribution is 2.13. The molecule has 1 rings (SSSR count). The third-order valence-electron chi connectivity index (χ3n) is 2.45. The van der Waals surface area contributed by atoms with Crippen LogP contribution in [-0.4, -0.2) is 41.5 Å². The Labute approximate surface area is 82.7 Å². The fraction of sp³-hybridized carbons (Fsp3) is 1.00. The largest absolute Gasteiger partial charge is 0.381 e. The van der Waals surface area contributed by atoms with Crippen LogP contribution in [0.15, 0.2) is 0 Å². The molecule has 1 fully saturated rings. The second kappa shape index (κ2) is 5.73. The van der Waals surface area contributed by atoms with Crippen LogP contribution < -0.4 is 5.32 Å². The van der Waals surface area contributed by atoms with Gasteiger partial charge in [-0.2, -0.15) is 0 Å². The summed E-state index contributed by atoms with van der Waals surface area (Å²) in [6, 6.07) is 0.351. The second-order valence-electron chi connectivity index (χ2n) is 3.55. The topological polar surface area (TPSA) is 38.3 Å². The third kappa shape index (κ3) is 3.75. The highest BCUT2D eigenvalue weighted by Gasteiger charge is 2.20. The Morgan fingerprint density at radius 1 is 1.54 bits per heavy atom. The van der Waals surface area contributed by atoms with Crippen LogP contribution in [0.4, 0.5) is 0 Å². The van der Waals surface area contributed by atoms with Crippen LogP contribution in [0.2, 0.25) is 0 Å².